The van der Waals surface area contributed by atoms with Crippen molar-refractivity contribution in [3.8, 4) is 11.5 Å². The SMILES string of the molecule is CCCNC(=S)N1CCc2cc(OC)c(OC)cc2[C@H]1C. The van der Waals surface area contributed by atoms with Crippen molar-refractivity contribution in [3.63, 3.8) is 0 Å². The Bertz CT molecular complexity index is 519. The molecule has 0 aliphatic carbocycles. The van der Waals surface area contributed by atoms with Gasteiger partial charge in [0.25, 0.3) is 0 Å². The Balaban J connectivity index is 2.26. The van der Waals surface area contributed by atoms with Gasteiger partial charge in [-0.05, 0) is 55.2 Å². The number of thiocarbonyl (C=S) groups is 1. The third-order valence-electron chi connectivity index (χ3n) is 3.97. The van der Waals surface area contributed by atoms with Gasteiger partial charge in [0.2, 0.25) is 0 Å². The lowest BCUT2D eigenvalue weighted by atomic mass is 9.93. The number of nitrogens with one attached hydrogen (secondary N) is 1. The van der Waals surface area contributed by atoms with Crippen molar-refractivity contribution in [1.82, 2.24) is 10.2 Å². The predicted octanol–water partition coefficient (Wildman–Crippen LogP) is 2.91. The number of benzene rings is 1. The van der Waals surface area contributed by atoms with Crippen LogP contribution in [0.15, 0.2) is 12.1 Å². The van der Waals surface area contributed by atoms with Crippen LogP contribution in [0, 0.1) is 0 Å². The van der Waals surface area contributed by atoms with E-state index in [4.69, 9.17) is 21.7 Å². The molecule has 116 valence electrons. The molecule has 1 aromatic rings. The van der Waals surface area contributed by atoms with Gasteiger partial charge in [0.1, 0.15) is 0 Å². The minimum atomic E-state index is 0.241. The van der Waals surface area contributed by atoms with Crippen molar-refractivity contribution in [2.75, 3.05) is 27.3 Å². The molecule has 1 aliphatic rings. The van der Waals surface area contributed by atoms with Crippen molar-refractivity contribution in [2.45, 2.75) is 32.7 Å². The summed E-state index contributed by atoms with van der Waals surface area (Å²) in [7, 11) is 3.34. The minimum Gasteiger partial charge on any atom is -0.493 e. The molecule has 0 saturated carbocycles. The Morgan fingerprint density at radius 3 is 2.62 bits per heavy atom. The third-order valence-corrected chi connectivity index (χ3v) is 4.35. The molecule has 0 fully saturated rings. The number of fused-ring (bicyclic) bond motifs is 1. The molecule has 0 aromatic heterocycles. The lowest BCUT2D eigenvalue weighted by Gasteiger charge is -2.37. The fourth-order valence-corrected chi connectivity index (χ4v) is 3.11. The molecule has 1 aliphatic heterocycles. The van der Waals surface area contributed by atoms with Gasteiger partial charge in [-0.2, -0.15) is 0 Å². The number of methoxy groups -OCH3 is 2. The monoisotopic (exact) mass is 308 g/mol. The normalized spacial score (nSPS) is 17.1. The third kappa shape index (κ3) is 3.23. The highest BCUT2D eigenvalue weighted by atomic mass is 32.1. The summed E-state index contributed by atoms with van der Waals surface area (Å²) >= 11 is 5.51. The molecule has 2 rings (SSSR count). The molecule has 0 unspecified atom stereocenters. The molecule has 1 N–H and O–H groups in total. The second-order valence-corrected chi connectivity index (χ2v) is 5.64. The van der Waals surface area contributed by atoms with Gasteiger partial charge < -0.3 is 19.7 Å². The molecule has 0 saturated heterocycles. The molecule has 0 bridgehead atoms. The van der Waals surface area contributed by atoms with E-state index in [1.54, 1.807) is 14.2 Å². The van der Waals surface area contributed by atoms with Gasteiger partial charge in [-0.25, -0.2) is 0 Å². The van der Waals surface area contributed by atoms with Crippen molar-refractivity contribution in [3.05, 3.63) is 23.3 Å². The van der Waals surface area contributed by atoms with Crippen LogP contribution in [0.2, 0.25) is 0 Å². The predicted molar refractivity (Wildman–Crippen MR) is 89.3 cm³/mol. The standard InChI is InChI=1S/C16H24N2O2S/c1-5-7-17-16(21)18-8-6-12-9-14(19-3)15(20-4)10-13(12)11(18)2/h9-11H,5-8H2,1-4H3,(H,17,21)/t11-/m1/s1. The maximum Gasteiger partial charge on any atom is 0.169 e. The fraction of sp³-hybridized carbons (Fsp3) is 0.562. The van der Waals surface area contributed by atoms with Gasteiger partial charge in [0, 0.05) is 13.1 Å². The number of rotatable bonds is 4. The van der Waals surface area contributed by atoms with Crippen molar-refractivity contribution in [1.29, 1.82) is 0 Å². The zero-order chi connectivity index (χ0) is 15.4. The van der Waals surface area contributed by atoms with Crippen LogP contribution in [0.25, 0.3) is 0 Å². The van der Waals surface area contributed by atoms with Crippen LogP contribution in [-0.4, -0.2) is 37.3 Å². The van der Waals surface area contributed by atoms with Gasteiger partial charge in [-0.3, -0.25) is 0 Å². The molecule has 5 heteroatoms. The van der Waals surface area contributed by atoms with E-state index in [9.17, 15) is 0 Å². The molecular formula is C16H24N2O2S. The highest BCUT2D eigenvalue weighted by Crippen LogP contribution is 2.37. The summed E-state index contributed by atoms with van der Waals surface area (Å²) in [4.78, 5) is 2.25. The Hall–Kier alpha value is -1.49. The number of hydrogen-bond acceptors (Lipinski definition) is 3. The van der Waals surface area contributed by atoms with E-state index in [0.717, 1.165) is 42.5 Å². The zero-order valence-electron chi connectivity index (χ0n) is 13.2. The first kappa shape index (κ1) is 15.9. The number of ether oxygens (including phenoxy) is 2. The second-order valence-electron chi connectivity index (χ2n) is 5.26. The number of hydrogen-bond donors (Lipinski definition) is 1. The van der Waals surface area contributed by atoms with E-state index in [-0.39, 0.29) is 6.04 Å². The maximum absolute atomic E-state index is 5.51. The van der Waals surface area contributed by atoms with E-state index >= 15 is 0 Å². The van der Waals surface area contributed by atoms with Crippen molar-refractivity contribution >= 4 is 17.3 Å². The summed E-state index contributed by atoms with van der Waals surface area (Å²) in [6, 6.07) is 4.41. The summed E-state index contributed by atoms with van der Waals surface area (Å²) in [5.74, 6) is 1.57. The summed E-state index contributed by atoms with van der Waals surface area (Å²) in [6.07, 6.45) is 2.04. The van der Waals surface area contributed by atoms with Gasteiger partial charge in [0.15, 0.2) is 16.6 Å². The summed E-state index contributed by atoms with van der Waals surface area (Å²) < 4.78 is 10.8. The lowest BCUT2D eigenvalue weighted by molar-refractivity contribution is 0.308. The molecule has 1 atom stereocenters. The van der Waals surface area contributed by atoms with Crippen LogP contribution < -0.4 is 14.8 Å². The second kappa shape index (κ2) is 6.98. The molecule has 0 spiro atoms. The first-order valence-electron chi connectivity index (χ1n) is 7.41. The quantitative estimate of drug-likeness (QED) is 0.865. The summed E-state index contributed by atoms with van der Waals surface area (Å²) in [5.41, 5.74) is 2.58. The van der Waals surface area contributed by atoms with Crippen LogP contribution in [0.3, 0.4) is 0 Å². The first-order chi connectivity index (χ1) is 10.1. The van der Waals surface area contributed by atoms with Crippen LogP contribution in [-0.2, 0) is 6.42 Å². The van der Waals surface area contributed by atoms with Crippen LogP contribution in [0.5, 0.6) is 11.5 Å². The molecule has 1 heterocycles. The van der Waals surface area contributed by atoms with Gasteiger partial charge in [-0.1, -0.05) is 6.92 Å². The highest BCUT2D eigenvalue weighted by molar-refractivity contribution is 7.80. The average Bonchev–Trinajstić information content (AvgIpc) is 2.51. The van der Waals surface area contributed by atoms with Gasteiger partial charge in [0.05, 0.1) is 20.3 Å². The Morgan fingerprint density at radius 2 is 2.00 bits per heavy atom. The Morgan fingerprint density at radius 1 is 1.33 bits per heavy atom. The van der Waals surface area contributed by atoms with Crippen LogP contribution >= 0.6 is 12.2 Å². The highest BCUT2D eigenvalue weighted by Gasteiger charge is 2.27. The van der Waals surface area contributed by atoms with E-state index in [2.05, 4.69) is 36.2 Å². The Labute approximate surface area is 132 Å². The van der Waals surface area contributed by atoms with Crippen LogP contribution in [0.1, 0.15) is 37.4 Å². The molecule has 0 amide bonds. The summed E-state index contributed by atoms with van der Waals surface area (Å²) in [6.45, 7) is 6.17. The van der Waals surface area contributed by atoms with Crippen molar-refractivity contribution in [2.24, 2.45) is 0 Å². The van der Waals surface area contributed by atoms with Gasteiger partial charge >= 0.3 is 0 Å². The van der Waals surface area contributed by atoms with E-state index in [1.807, 2.05) is 0 Å². The maximum atomic E-state index is 5.51. The molecule has 4 nitrogen and oxygen atoms in total. The lowest BCUT2D eigenvalue weighted by Crippen LogP contribution is -2.44. The number of nitrogens with zero attached hydrogens (tertiary/aromatic N) is 1. The molecular weight excluding hydrogens is 284 g/mol. The van der Waals surface area contributed by atoms with Gasteiger partial charge in [-0.15, -0.1) is 0 Å². The topological polar surface area (TPSA) is 33.7 Å². The minimum absolute atomic E-state index is 0.241. The molecule has 21 heavy (non-hydrogen) atoms. The Kier molecular flexibility index (Phi) is 5.28. The molecule has 1 aromatic carbocycles. The van der Waals surface area contributed by atoms with Crippen LogP contribution in [0.4, 0.5) is 0 Å². The first-order valence-corrected chi connectivity index (χ1v) is 7.82. The largest absolute Gasteiger partial charge is 0.493 e. The fourth-order valence-electron chi connectivity index (χ4n) is 2.76. The smallest absolute Gasteiger partial charge is 0.169 e. The molecule has 0 radical (unpaired) electrons. The zero-order valence-corrected chi connectivity index (χ0v) is 14.0. The summed E-state index contributed by atoms with van der Waals surface area (Å²) in [5, 5.41) is 4.15. The van der Waals surface area contributed by atoms with E-state index in [1.165, 1.54) is 11.1 Å². The van der Waals surface area contributed by atoms with E-state index < -0.39 is 0 Å². The average molecular weight is 308 g/mol. The van der Waals surface area contributed by atoms with Crippen molar-refractivity contribution < 1.29 is 9.47 Å². The van der Waals surface area contributed by atoms with E-state index in [0.29, 0.717) is 0 Å².